The van der Waals surface area contributed by atoms with E-state index in [0.29, 0.717) is 32.4 Å². The number of aromatic amines is 1. The number of nitrogens with zero attached hydrogens (tertiary/aromatic N) is 1. The largest absolute Gasteiger partial charge is 0.492 e. The topological polar surface area (TPSA) is 67.4 Å². The molecular weight excluding hydrogens is 430 g/mol. The van der Waals surface area contributed by atoms with Gasteiger partial charge in [0.05, 0.1) is 17.7 Å². The highest BCUT2D eigenvalue weighted by Crippen LogP contribution is 2.41. The molecule has 0 bridgehead atoms. The SMILES string of the molecule is COc1c(OCc2ccc(Cl)cc2)ccc(F)c1C(O)c1c[nH]c2ncc(Cl)cc12. The second kappa shape index (κ2) is 8.52. The molecule has 4 aromatic rings. The third-order valence-corrected chi connectivity index (χ3v) is 5.17. The summed E-state index contributed by atoms with van der Waals surface area (Å²) in [4.78, 5) is 7.13. The van der Waals surface area contributed by atoms with Gasteiger partial charge in [0.1, 0.15) is 24.2 Å². The molecule has 0 spiro atoms. The number of hydrogen-bond donors (Lipinski definition) is 2. The number of methoxy groups -OCH3 is 1. The molecule has 2 heterocycles. The number of aliphatic hydroxyl groups is 1. The fourth-order valence-corrected chi connectivity index (χ4v) is 3.54. The molecule has 30 heavy (non-hydrogen) atoms. The molecular formula is C22H17Cl2FN2O3. The summed E-state index contributed by atoms with van der Waals surface area (Å²) in [7, 11) is 1.40. The molecule has 2 N–H and O–H groups in total. The molecule has 0 aliphatic rings. The summed E-state index contributed by atoms with van der Waals surface area (Å²) < 4.78 is 26.0. The Morgan fingerprint density at radius 2 is 1.90 bits per heavy atom. The number of aromatic nitrogens is 2. The molecule has 154 valence electrons. The zero-order valence-electron chi connectivity index (χ0n) is 15.8. The molecule has 1 unspecified atom stereocenters. The number of nitrogens with one attached hydrogen (secondary N) is 1. The quantitative estimate of drug-likeness (QED) is 0.399. The highest BCUT2D eigenvalue weighted by molar-refractivity contribution is 6.31. The molecule has 8 heteroatoms. The van der Waals surface area contributed by atoms with Gasteiger partial charge in [-0.3, -0.25) is 0 Å². The first-order valence-corrected chi connectivity index (χ1v) is 9.77. The minimum Gasteiger partial charge on any atom is -0.492 e. The summed E-state index contributed by atoms with van der Waals surface area (Å²) >= 11 is 11.9. The van der Waals surface area contributed by atoms with Gasteiger partial charge in [-0.1, -0.05) is 35.3 Å². The molecule has 0 saturated heterocycles. The molecule has 0 saturated carbocycles. The Bertz CT molecular complexity index is 1200. The van der Waals surface area contributed by atoms with Gasteiger partial charge in [0, 0.05) is 28.4 Å². The second-order valence-electron chi connectivity index (χ2n) is 6.60. The van der Waals surface area contributed by atoms with Crippen molar-refractivity contribution < 1.29 is 19.0 Å². The van der Waals surface area contributed by atoms with Crippen molar-refractivity contribution in [2.75, 3.05) is 7.11 Å². The lowest BCUT2D eigenvalue weighted by Gasteiger charge is -2.19. The molecule has 2 aromatic carbocycles. The molecule has 5 nitrogen and oxygen atoms in total. The maximum Gasteiger partial charge on any atom is 0.169 e. The summed E-state index contributed by atoms with van der Waals surface area (Å²) in [5.74, 6) is -0.206. The zero-order valence-corrected chi connectivity index (χ0v) is 17.3. The maximum absolute atomic E-state index is 14.8. The lowest BCUT2D eigenvalue weighted by Crippen LogP contribution is -2.07. The Hall–Kier alpha value is -2.80. The Morgan fingerprint density at radius 3 is 2.63 bits per heavy atom. The lowest BCUT2D eigenvalue weighted by molar-refractivity contribution is 0.206. The van der Waals surface area contributed by atoms with Crippen LogP contribution in [0.3, 0.4) is 0 Å². The number of ether oxygens (including phenoxy) is 2. The minimum absolute atomic E-state index is 0.0352. The number of rotatable bonds is 6. The van der Waals surface area contributed by atoms with E-state index in [-0.39, 0.29) is 17.9 Å². The van der Waals surface area contributed by atoms with Gasteiger partial charge in [-0.25, -0.2) is 9.37 Å². The predicted octanol–water partition coefficient (Wildman–Crippen LogP) is 5.68. The van der Waals surface area contributed by atoms with Crippen molar-refractivity contribution in [3.8, 4) is 11.5 Å². The van der Waals surface area contributed by atoms with Crippen LogP contribution in [0.4, 0.5) is 4.39 Å². The van der Waals surface area contributed by atoms with Gasteiger partial charge in [-0.05, 0) is 35.9 Å². The van der Waals surface area contributed by atoms with Crippen molar-refractivity contribution >= 4 is 34.2 Å². The summed E-state index contributed by atoms with van der Waals surface area (Å²) in [5, 5.41) is 12.6. The number of hydrogen-bond acceptors (Lipinski definition) is 4. The summed E-state index contributed by atoms with van der Waals surface area (Å²) in [6, 6.07) is 11.5. The third kappa shape index (κ3) is 3.94. The van der Waals surface area contributed by atoms with Crippen molar-refractivity contribution in [1.82, 2.24) is 9.97 Å². The maximum atomic E-state index is 14.8. The normalized spacial score (nSPS) is 12.2. The number of halogens is 3. The van der Waals surface area contributed by atoms with E-state index < -0.39 is 11.9 Å². The van der Waals surface area contributed by atoms with E-state index >= 15 is 0 Å². The van der Waals surface area contributed by atoms with Crippen LogP contribution in [-0.4, -0.2) is 22.2 Å². The van der Waals surface area contributed by atoms with E-state index in [1.54, 1.807) is 24.4 Å². The van der Waals surface area contributed by atoms with E-state index in [0.717, 1.165) is 5.56 Å². The third-order valence-electron chi connectivity index (χ3n) is 4.72. The van der Waals surface area contributed by atoms with Gasteiger partial charge in [-0.15, -0.1) is 0 Å². The lowest BCUT2D eigenvalue weighted by atomic mass is 9.99. The van der Waals surface area contributed by atoms with E-state index in [9.17, 15) is 9.50 Å². The van der Waals surface area contributed by atoms with Gasteiger partial charge < -0.3 is 19.6 Å². The average molecular weight is 447 g/mol. The van der Waals surface area contributed by atoms with E-state index in [2.05, 4.69) is 9.97 Å². The van der Waals surface area contributed by atoms with E-state index in [4.69, 9.17) is 32.7 Å². The minimum atomic E-state index is -1.33. The number of fused-ring (bicyclic) bond motifs is 1. The van der Waals surface area contributed by atoms with Crippen LogP contribution in [0, 0.1) is 5.82 Å². The van der Waals surface area contributed by atoms with Crippen LogP contribution in [0.5, 0.6) is 11.5 Å². The number of benzene rings is 2. The zero-order chi connectivity index (χ0) is 21.3. The summed E-state index contributed by atoms with van der Waals surface area (Å²) in [6.45, 7) is 0.224. The van der Waals surface area contributed by atoms with E-state index in [1.807, 2.05) is 12.1 Å². The summed E-state index contributed by atoms with van der Waals surface area (Å²) in [6.07, 6.45) is 1.73. The Kier molecular flexibility index (Phi) is 5.81. The number of pyridine rings is 1. The molecule has 0 radical (unpaired) electrons. The molecule has 4 rings (SSSR count). The summed E-state index contributed by atoms with van der Waals surface area (Å²) in [5.41, 5.74) is 1.80. The van der Waals surface area contributed by atoms with E-state index in [1.165, 1.54) is 25.4 Å². The van der Waals surface area contributed by atoms with Crippen LogP contribution in [0.15, 0.2) is 54.9 Å². The van der Waals surface area contributed by atoms with Gasteiger partial charge >= 0.3 is 0 Å². The van der Waals surface area contributed by atoms with Crippen LogP contribution in [0.2, 0.25) is 10.0 Å². The number of aliphatic hydroxyl groups excluding tert-OH is 1. The average Bonchev–Trinajstić information content (AvgIpc) is 3.16. The highest BCUT2D eigenvalue weighted by atomic mass is 35.5. The Balaban J connectivity index is 1.70. The van der Waals surface area contributed by atoms with Crippen molar-refractivity contribution in [1.29, 1.82) is 0 Å². The monoisotopic (exact) mass is 446 g/mol. The van der Waals surface area contributed by atoms with Gasteiger partial charge in [-0.2, -0.15) is 0 Å². The van der Waals surface area contributed by atoms with Gasteiger partial charge in [0.25, 0.3) is 0 Å². The first-order valence-electron chi connectivity index (χ1n) is 9.02. The van der Waals surface area contributed by atoms with Crippen LogP contribution in [-0.2, 0) is 6.61 Å². The molecule has 0 fully saturated rings. The fraction of sp³-hybridized carbons (Fsp3) is 0.136. The molecule has 0 aliphatic heterocycles. The van der Waals surface area contributed by atoms with Crippen molar-refractivity contribution in [2.24, 2.45) is 0 Å². The van der Waals surface area contributed by atoms with Crippen LogP contribution in [0.1, 0.15) is 22.8 Å². The van der Waals surface area contributed by atoms with Crippen molar-refractivity contribution in [2.45, 2.75) is 12.7 Å². The standard InChI is InChI=1S/C22H17Cl2FN2O3/c1-29-21-18(30-11-12-2-4-13(23)5-3-12)7-6-17(25)19(21)20(28)16-10-27-22-15(16)8-14(24)9-26-22/h2-10,20,28H,11H2,1H3,(H,26,27). The fourth-order valence-electron chi connectivity index (χ4n) is 3.26. The molecule has 0 amide bonds. The predicted molar refractivity (Wildman–Crippen MR) is 114 cm³/mol. The van der Waals surface area contributed by atoms with Crippen LogP contribution in [0.25, 0.3) is 11.0 Å². The van der Waals surface area contributed by atoms with Crippen LogP contribution >= 0.6 is 23.2 Å². The highest BCUT2D eigenvalue weighted by Gasteiger charge is 2.26. The molecule has 2 aromatic heterocycles. The smallest absolute Gasteiger partial charge is 0.169 e. The van der Waals surface area contributed by atoms with Gasteiger partial charge in [0.15, 0.2) is 11.5 Å². The first kappa shape index (κ1) is 20.5. The molecule has 0 aliphatic carbocycles. The van der Waals surface area contributed by atoms with Gasteiger partial charge in [0.2, 0.25) is 0 Å². The Labute approximate surface area is 182 Å². The molecule has 1 atom stereocenters. The van der Waals surface area contributed by atoms with Crippen molar-refractivity contribution in [3.05, 3.63) is 87.4 Å². The van der Waals surface area contributed by atoms with Crippen molar-refractivity contribution in [3.63, 3.8) is 0 Å². The Morgan fingerprint density at radius 1 is 1.13 bits per heavy atom. The second-order valence-corrected chi connectivity index (χ2v) is 7.48. The first-order chi connectivity index (χ1) is 14.5. The number of H-pyrrole nitrogens is 1. The van der Waals surface area contributed by atoms with Crippen LogP contribution < -0.4 is 9.47 Å².